The Morgan fingerprint density at radius 3 is 2.85 bits per heavy atom. The zero-order valence-electron chi connectivity index (χ0n) is 8.46. The van der Waals surface area contributed by atoms with Crippen LogP contribution in [0.5, 0.6) is 0 Å². The molecule has 1 aromatic rings. The Balaban J connectivity index is 2.38. The molecule has 0 atom stereocenters. The van der Waals surface area contributed by atoms with Crippen LogP contribution in [-0.4, -0.2) is 4.98 Å². The van der Waals surface area contributed by atoms with Crippen LogP contribution in [0.1, 0.15) is 30.7 Å². The SMILES string of the molecule is Cc1cc2c(cn1)CC(C(C)C)=C2. The number of allylic oxidation sites excluding steroid dienone is 1. The summed E-state index contributed by atoms with van der Waals surface area (Å²) in [5, 5.41) is 0. The van der Waals surface area contributed by atoms with E-state index < -0.39 is 0 Å². The second kappa shape index (κ2) is 2.99. The van der Waals surface area contributed by atoms with Crippen molar-refractivity contribution >= 4 is 6.08 Å². The van der Waals surface area contributed by atoms with Crippen molar-refractivity contribution in [1.82, 2.24) is 4.98 Å². The molecule has 1 nitrogen and oxygen atoms in total. The zero-order valence-corrected chi connectivity index (χ0v) is 8.46. The van der Waals surface area contributed by atoms with Crippen molar-refractivity contribution in [3.8, 4) is 0 Å². The predicted molar refractivity (Wildman–Crippen MR) is 55.5 cm³/mol. The third kappa shape index (κ3) is 1.51. The van der Waals surface area contributed by atoms with Gasteiger partial charge in [0.25, 0.3) is 0 Å². The summed E-state index contributed by atoms with van der Waals surface area (Å²) in [4.78, 5) is 4.31. The summed E-state index contributed by atoms with van der Waals surface area (Å²) >= 11 is 0. The highest BCUT2D eigenvalue weighted by Gasteiger charge is 2.14. The van der Waals surface area contributed by atoms with Gasteiger partial charge in [-0.3, -0.25) is 4.98 Å². The molecule has 1 aromatic heterocycles. The lowest BCUT2D eigenvalue weighted by molar-refractivity contribution is 0.754. The number of pyridine rings is 1. The van der Waals surface area contributed by atoms with E-state index in [-0.39, 0.29) is 0 Å². The number of hydrogen-bond acceptors (Lipinski definition) is 1. The molecule has 0 radical (unpaired) electrons. The highest BCUT2D eigenvalue weighted by molar-refractivity contribution is 5.63. The lowest BCUT2D eigenvalue weighted by atomic mass is 10.0. The summed E-state index contributed by atoms with van der Waals surface area (Å²) in [5.41, 5.74) is 5.40. The van der Waals surface area contributed by atoms with Crippen molar-refractivity contribution in [1.29, 1.82) is 0 Å². The minimum Gasteiger partial charge on any atom is -0.261 e. The van der Waals surface area contributed by atoms with Gasteiger partial charge in [0.15, 0.2) is 0 Å². The Kier molecular flexibility index (Phi) is 1.95. The molecule has 0 bridgehead atoms. The molecule has 0 fully saturated rings. The first-order valence-corrected chi connectivity index (χ1v) is 4.83. The average molecular weight is 173 g/mol. The molecule has 2 rings (SSSR count). The normalized spacial score (nSPS) is 14.6. The van der Waals surface area contributed by atoms with Gasteiger partial charge in [0.2, 0.25) is 0 Å². The summed E-state index contributed by atoms with van der Waals surface area (Å²) < 4.78 is 0. The van der Waals surface area contributed by atoms with E-state index in [0.717, 1.165) is 12.1 Å². The molecule has 0 aliphatic heterocycles. The summed E-state index contributed by atoms with van der Waals surface area (Å²) in [6.07, 6.45) is 5.42. The van der Waals surface area contributed by atoms with Crippen LogP contribution in [0.4, 0.5) is 0 Å². The molecule has 0 aromatic carbocycles. The van der Waals surface area contributed by atoms with Crippen LogP contribution in [0.15, 0.2) is 17.8 Å². The fraction of sp³-hybridized carbons (Fsp3) is 0.417. The molecular formula is C12H15N. The smallest absolute Gasteiger partial charge is 0.0378 e. The summed E-state index contributed by atoms with van der Waals surface area (Å²) in [6, 6.07) is 2.17. The first-order valence-electron chi connectivity index (χ1n) is 4.83. The monoisotopic (exact) mass is 173 g/mol. The quantitative estimate of drug-likeness (QED) is 0.636. The number of nitrogens with zero attached hydrogens (tertiary/aromatic N) is 1. The third-order valence-corrected chi connectivity index (χ3v) is 2.64. The van der Waals surface area contributed by atoms with Crippen LogP contribution in [0.2, 0.25) is 0 Å². The fourth-order valence-electron chi connectivity index (χ4n) is 1.73. The Morgan fingerprint density at radius 1 is 1.38 bits per heavy atom. The zero-order chi connectivity index (χ0) is 9.42. The molecule has 1 heteroatoms. The Hall–Kier alpha value is -1.11. The maximum Gasteiger partial charge on any atom is 0.0378 e. The number of fused-ring (bicyclic) bond motifs is 1. The Bertz CT molecular complexity index is 361. The van der Waals surface area contributed by atoms with E-state index in [4.69, 9.17) is 0 Å². The molecule has 68 valence electrons. The van der Waals surface area contributed by atoms with Crippen molar-refractivity contribution in [2.75, 3.05) is 0 Å². The van der Waals surface area contributed by atoms with E-state index in [1.54, 1.807) is 0 Å². The molecule has 0 unspecified atom stereocenters. The predicted octanol–water partition coefficient (Wildman–Crippen LogP) is 2.99. The molecule has 1 aliphatic carbocycles. The van der Waals surface area contributed by atoms with Gasteiger partial charge in [0.05, 0.1) is 0 Å². The van der Waals surface area contributed by atoms with Gasteiger partial charge in [-0.2, -0.15) is 0 Å². The van der Waals surface area contributed by atoms with Crippen LogP contribution in [0.25, 0.3) is 6.08 Å². The Morgan fingerprint density at radius 2 is 2.15 bits per heavy atom. The molecule has 0 N–H and O–H groups in total. The highest BCUT2D eigenvalue weighted by Crippen LogP contribution is 2.28. The second-order valence-electron chi connectivity index (χ2n) is 4.08. The van der Waals surface area contributed by atoms with Crippen LogP contribution in [-0.2, 0) is 6.42 Å². The number of rotatable bonds is 1. The van der Waals surface area contributed by atoms with E-state index in [0.29, 0.717) is 5.92 Å². The minimum absolute atomic E-state index is 0.660. The molecule has 1 aliphatic rings. The van der Waals surface area contributed by atoms with Gasteiger partial charge in [-0.15, -0.1) is 0 Å². The second-order valence-corrected chi connectivity index (χ2v) is 4.08. The van der Waals surface area contributed by atoms with Gasteiger partial charge < -0.3 is 0 Å². The van der Waals surface area contributed by atoms with E-state index in [9.17, 15) is 0 Å². The molecule has 0 saturated heterocycles. The lowest BCUT2D eigenvalue weighted by Gasteiger charge is -2.04. The Labute approximate surface area is 79.5 Å². The fourth-order valence-corrected chi connectivity index (χ4v) is 1.73. The van der Waals surface area contributed by atoms with Crippen molar-refractivity contribution in [3.05, 3.63) is 34.7 Å². The number of hydrogen-bond donors (Lipinski definition) is 0. The maximum atomic E-state index is 4.31. The molecular weight excluding hydrogens is 158 g/mol. The number of aryl methyl sites for hydroxylation is 1. The van der Waals surface area contributed by atoms with E-state index >= 15 is 0 Å². The van der Waals surface area contributed by atoms with Crippen LogP contribution in [0, 0.1) is 12.8 Å². The van der Waals surface area contributed by atoms with Gasteiger partial charge in [0, 0.05) is 11.9 Å². The summed E-state index contributed by atoms with van der Waals surface area (Å²) in [5.74, 6) is 0.660. The van der Waals surface area contributed by atoms with Crippen LogP contribution in [0.3, 0.4) is 0 Å². The topological polar surface area (TPSA) is 12.9 Å². The van der Waals surface area contributed by atoms with Crippen molar-refractivity contribution in [3.63, 3.8) is 0 Å². The third-order valence-electron chi connectivity index (χ3n) is 2.64. The van der Waals surface area contributed by atoms with Gasteiger partial charge in [-0.1, -0.05) is 25.5 Å². The van der Waals surface area contributed by atoms with Gasteiger partial charge in [-0.25, -0.2) is 0 Å². The van der Waals surface area contributed by atoms with Crippen molar-refractivity contribution in [2.24, 2.45) is 5.92 Å². The first-order chi connectivity index (χ1) is 6.16. The van der Waals surface area contributed by atoms with E-state index in [2.05, 4.69) is 31.0 Å². The van der Waals surface area contributed by atoms with Gasteiger partial charge in [0.1, 0.15) is 0 Å². The van der Waals surface area contributed by atoms with Crippen LogP contribution < -0.4 is 0 Å². The van der Waals surface area contributed by atoms with Crippen molar-refractivity contribution in [2.45, 2.75) is 27.2 Å². The summed E-state index contributed by atoms with van der Waals surface area (Å²) in [6.45, 7) is 6.54. The molecule has 13 heavy (non-hydrogen) atoms. The van der Waals surface area contributed by atoms with E-state index in [1.165, 1.54) is 16.7 Å². The van der Waals surface area contributed by atoms with Gasteiger partial charge >= 0.3 is 0 Å². The molecule has 1 heterocycles. The lowest BCUT2D eigenvalue weighted by Crippen LogP contribution is -1.93. The largest absolute Gasteiger partial charge is 0.261 e. The highest BCUT2D eigenvalue weighted by atomic mass is 14.7. The molecule has 0 saturated carbocycles. The van der Waals surface area contributed by atoms with Crippen molar-refractivity contribution < 1.29 is 0 Å². The average Bonchev–Trinajstić information content (AvgIpc) is 2.46. The number of aromatic nitrogens is 1. The minimum atomic E-state index is 0.660. The van der Waals surface area contributed by atoms with Crippen LogP contribution >= 0.6 is 0 Å². The maximum absolute atomic E-state index is 4.31. The van der Waals surface area contributed by atoms with Gasteiger partial charge in [-0.05, 0) is 36.5 Å². The molecule has 0 amide bonds. The summed E-state index contributed by atoms with van der Waals surface area (Å²) in [7, 11) is 0. The van der Waals surface area contributed by atoms with E-state index in [1.807, 2.05) is 13.1 Å². The standard InChI is InChI=1S/C12H15N/c1-8(2)10-5-11-4-9(3)13-7-12(11)6-10/h4-5,7-8H,6H2,1-3H3. The molecule has 0 spiro atoms. The first kappa shape index (κ1) is 8.49.